The molecular formula is C29H32FN9O. The maximum atomic E-state index is 16.2. The van der Waals surface area contributed by atoms with Gasteiger partial charge in [0.2, 0.25) is 0 Å². The van der Waals surface area contributed by atoms with Crippen molar-refractivity contribution >= 4 is 33.3 Å². The van der Waals surface area contributed by atoms with E-state index in [-0.39, 0.29) is 11.6 Å². The van der Waals surface area contributed by atoms with Crippen LogP contribution in [0.2, 0.25) is 0 Å². The fourth-order valence-electron chi connectivity index (χ4n) is 5.99. The molecule has 1 aliphatic heterocycles. The van der Waals surface area contributed by atoms with Gasteiger partial charge in [-0.15, -0.1) is 0 Å². The van der Waals surface area contributed by atoms with Crippen LogP contribution in [0.25, 0.3) is 44.7 Å². The number of anilines is 2. The molecule has 40 heavy (non-hydrogen) atoms. The zero-order valence-corrected chi connectivity index (χ0v) is 22.4. The number of hydrogen-bond donors (Lipinski definition) is 4. The third kappa shape index (κ3) is 4.44. The molecule has 206 valence electrons. The highest BCUT2D eigenvalue weighted by Crippen LogP contribution is 2.35. The number of halogens is 1. The van der Waals surface area contributed by atoms with Crippen LogP contribution in [0.15, 0.2) is 42.9 Å². The first-order chi connectivity index (χ1) is 19.5. The smallest absolute Gasteiger partial charge is 0.161 e. The summed E-state index contributed by atoms with van der Waals surface area (Å²) >= 11 is 0. The first-order valence-corrected chi connectivity index (χ1v) is 13.9. The molecule has 0 amide bonds. The molecule has 1 saturated heterocycles. The molecule has 1 aromatic carbocycles. The number of rotatable bonds is 6. The van der Waals surface area contributed by atoms with Gasteiger partial charge in [0.25, 0.3) is 0 Å². The van der Waals surface area contributed by atoms with Crippen LogP contribution in [0.1, 0.15) is 25.7 Å². The molecule has 4 N–H and O–H groups in total. The van der Waals surface area contributed by atoms with Crippen molar-refractivity contribution in [1.29, 1.82) is 0 Å². The van der Waals surface area contributed by atoms with Crippen molar-refractivity contribution in [2.75, 3.05) is 43.4 Å². The maximum absolute atomic E-state index is 16.2. The lowest BCUT2D eigenvalue weighted by atomic mass is 10.1. The van der Waals surface area contributed by atoms with Crippen molar-refractivity contribution < 1.29 is 9.50 Å². The molecular weight excluding hydrogens is 509 g/mol. The zero-order valence-electron chi connectivity index (χ0n) is 22.4. The van der Waals surface area contributed by atoms with Crippen molar-refractivity contribution in [3.63, 3.8) is 0 Å². The number of likely N-dealkylation sites (N-methyl/N-ethyl adjacent to an activating group) is 1. The Labute approximate surface area is 230 Å². The molecule has 10 nitrogen and oxygen atoms in total. The fraction of sp³-hybridized carbons (Fsp3) is 0.379. The Kier molecular flexibility index (Phi) is 6.32. The fourth-order valence-corrected chi connectivity index (χ4v) is 5.99. The van der Waals surface area contributed by atoms with Gasteiger partial charge in [-0.3, -0.25) is 15.1 Å². The highest BCUT2D eigenvalue weighted by atomic mass is 19.1. The number of pyridine rings is 2. The minimum atomic E-state index is -0.663. The molecule has 2 fully saturated rings. The molecule has 4 aromatic heterocycles. The topological polar surface area (TPSA) is 122 Å². The number of aromatic amines is 2. The van der Waals surface area contributed by atoms with E-state index < -0.39 is 12.0 Å². The van der Waals surface area contributed by atoms with Gasteiger partial charge >= 0.3 is 0 Å². The number of aliphatic hydroxyl groups is 1. The number of H-pyrrole nitrogens is 2. The predicted octanol–water partition coefficient (Wildman–Crippen LogP) is 4.37. The molecule has 2 aliphatic rings. The molecule has 1 unspecified atom stereocenters. The summed E-state index contributed by atoms with van der Waals surface area (Å²) in [5.41, 5.74) is 4.96. The van der Waals surface area contributed by atoms with Crippen LogP contribution < -0.4 is 10.2 Å². The number of hydrogen-bond acceptors (Lipinski definition) is 8. The van der Waals surface area contributed by atoms with E-state index in [4.69, 9.17) is 4.98 Å². The summed E-state index contributed by atoms with van der Waals surface area (Å²) in [7, 11) is 2.13. The van der Waals surface area contributed by atoms with Crippen LogP contribution in [0.3, 0.4) is 0 Å². The van der Waals surface area contributed by atoms with E-state index in [9.17, 15) is 5.11 Å². The van der Waals surface area contributed by atoms with Gasteiger partial charge in [-0.05, 0) is 38.1 Å². The Hall–Kier alpha value is -4.09. The van der Waals surface area contributed by atoms with Crippen molar-refractivity contribution in [1.82, 2.24) is 35.0 Å². The normalized spacial score (nSPS) is 17.7. The van der Waals surface area contributed by atoms with Gasteiger partial charge in [0.05, 0.1) is 40.2 Å². The molecule has 0 radical (unpaired) electrons. The van der Waals surface area contributed by atoms with E-state index >= 15 is 4.39 Å². The van der Waals surface area contributed by atoms with E-state index in [0.717, 1.165) is 68.6 Å². The van der Waals surface area contributed by atoms with E-state index in [0.29, 0.717) is 33.7 Å². The predicted molar refractivity (Wildman–Crippen MR) is 153 cm³/mol. The highest BCUT2D eigenvalue weighted by molar-refractivity contribution is 5.97. The summed E-state index contributed by atoms with van der Waals surface area (Å²) in [5, 5.41) is 21.4. The third-order valence-corrected chi connectivity index (χ3v) is 8.28. The largest absolute Gasteiger partial charge is 0.374 e. The maximum Gasteiger partial charge on any atom is 0.161 e. The number of piperazine rings is 1. The number of fused-ring (bicyclic) bond motifs is 2. The van der Waals surface area contributed by atoms with Crippen LogP contribution in [0.4, 0.5) is 15.8 Å². The molecule has 7 rings (SSSR count). The van der Waals surface area contributed by atoms with Gasteiger partial charge in [-0.25, -0.2) is 9.37 Å². The van der Waals surface area contributed by atoms with Crippen LogP contribution in [0, 0.1) is 11.7 Å². The number of para-hydroxylation sites is 1. The van der Waals surface area contributed by atoms with Crippen molar-refractivity contribution in [2.45, 2.75) is 31.9 Å². The third-order valence-electron chi connectivity index (χ3n) is 8.28. The number of benzene rings is 1. The quantitative estimate of drug-likeness (QED) is 0.234. The summed E-state index contributed by atoms with van der Waals surface area (Å²) in [4.78, 5) is 21.6. The van der Waals surface area contributed by atoms with E-state index in [1.54, 1.807) is 24.7 Å². The minimum absolute atomic E-state index is 0.163. The lowest BCUT2D eigenvalue weighted by Gasteiger charge is -2.34. The molecule has 0 bridgehead atoms. The van der Waals surface area contributed by atoms with Gasteiger partial charge in [-0.1, -0.05) is 18.9 Å². The van der Waals surface area contributed by atoms with Gasteiger partial charge in [0.1, 0.15) is 23.1 Å². The van der Waals surface area contributed by atoms with Gasteiger partial charge in [0.15, 0.2) is 11.6 Å². The first-order valence-electron chi connectivity index (χ1n) is 13.9. The molecule has 11 heteroatoms. The second-order valence-electron chi connectivity index (χ2n) is 10.9. The Morgan fingerprint density at radius 3 is 2.70 bits per heavy atom. The van der Waals surface area contributed by atoms with Gasteiger partial charge < -0.3 is 25.2 Å². The van der Waals surface area contributed by atoms with E-state index in [2.05, 4.69) is 53.4 Å². The lowest BCUT2D eigenvalue weighted by Crippen LogP contribution is -2.44. The number of aliphatic hydroxyl groups excluding tert-OH is 1. The second kappa shape index (κ2) is 10.1. The monoisotopic (exact) mass is 541 g/mol. The molecule has 1 aliphatic carbocycles. The van der Waals surface area contributed by atoms with Gasteiger partial charge in [0, 0.05) is 43.9 Å². The molecule has 5 aromatic rings. The van der Waals surface area contributed by atoms with E-state index in [1.165, 1.54) is 0 Å². The zero-order chi connectivity index (χ0) is 27.2. The lowest BCUT2D eigenvalue weighted by molar-refractivity contribution is 0.137. The Bertz CT molecular complexity index is 1670. The van der Waals surface area contributed by atoms with Crippen LogP contribution >= 0.6 is 0 Å². The molecule has 0 spiro atoms. The van der Waals surface area contributed by atoms with Crippen LogP contribution in [-0.2, 0) is 0 Å². The molecule has 5 heterocycles. The second-order valence-corrected chi connectivity index (χ2v) is 10.9. The van der Waals surface area contributed by atoms with Crippen LogP contribution in [0.5, 0.6) is 0 Å². The number of nitrogens with one attached hydrogen (secondary N) is 3. The first kappa shape index (κ1) is 24.9. The number of nitrogens with zero attached hydrogens (tertiary/aromatic N) is 6. The van der Waals surface area contributed by atoms with Crippen molar-refractivity contribution in [2.24, 2.45) is 5.92 Å². The van der Waals surface area contributed by atoms with Crippen molar-refractivity contribution in [3.05, 3.63) is 48.7 Å². The molecule has 1 atom stereocenters. The Balaban J connectivity index is 1.24. The van der Waals surface area contributed by atoms with Crippen LogP contribution in [-0.4, -0.2) is 79.6 Å². The molecule has 1 saturated carbocycles. The summed E-state index contributed by atoms with van der Waals surface area (Å²) in [6.45, 7) is 3.83. The summed E-state index contributed by atoms with van der Waals surface area (Å²) in [6.07, 6.45) is 8.38. The Morgan fingerprint density at radius 1 is 1.05 bits per heavy atom. The van der Waals surface area contributed by atoms with E-state index in [1.807, 2.05) is 12.1 Å². The SMILES string of the molecule is CN1CCN(c2cccc3[nH]c(-c4n[nH]c5cnc(-c6cncc(NC(O)C7CCCC7)c6)c(F)c45)nc23)CC1. The summed E-state index contributed by atoms with van der Waals surface area (Å²) < 4.78 is 16.2. The average molecular weight is 542 g/mol. The minimum Gasteiger partial charge on any atom is -0.374 e. The summed E-state index contributed by atoms with van der Waals surface area (Å²) in [5.74, 6) is 0.201. The number of aromatic nitrogens is 6. The van der Waals surface area contributed by atoms with Crippen molar-refractivity contribution in [3.8, 4) is 22.8 Å². The standard InChI is InChI=1S/C29H32FN9O/c1-38-9-11-39(12-10-38)22-8-4-7-20-26(22)35-28(34-20)27-23-21(36-37-27)16-32-25(24(23)30)18-13-19(15-31-14-18)33-29(40)17-5-2-3-6-17/h4,7-8,13-17,29,33,40H,2-3,5-6,9-12H2,1H3,(H,34,35)(H,36,37). The Morgan fingerprint density at radius 2 is 1.88 bits per heavy atom. The highest BCUT2D eigenvalue weighted by Gasteiger charge is 2.25. The average Bonchev–Trinajstić information content (AvgIpc) is 3.73. The number of imidazole rings is 1. The summed E-state index contributed by atoms with van der Waals surface area (Å²) in [6, 6.07) is 7.85. The van der Waals surface area contributed by atoms with Gasteiger partial charge in [-0.2, -0.15) is 5.10 Å².